The number of hydrogen-bond donors (Lipinski definition) is 1. The van der Waals surface area contributed by atoms with Gasteiger partial charge in [-0.3, -0.25) is 28.6 Å². The Morgan fingerprint density at radius 2 is 1.83 bits per heavy atom. The van der Waals surface area contributed by atoms with Crippen molar-refractivity contribution in [1.82, 2.24) is 9.55 Å². The number of esters is 2. The van der Waals surface area contributed by atoms with Gasteiger partial charge in [-0.2, -0.15) is 4.98 Å². The van der Waals surface area contributed by atoms with Crippen LogP contribution in [-0.4, -0.2) is 65.6 Å². The fraction of sp³-hybridized carbons (Fsp3) is 0.588. The number of hydrogen-bond acceptors (Lipinski definition) is 10. The van der Waals surface area contributed by atoms with Gasteiger partial charge in [0, 0.05) is 27.8 Å². The average Bonchev–Trinajstić information content (AvgIpc) is 2.64. The number of rotatable bonds is 3. The topological polar surface area (TPSA) is 138 Å². The second-order valence-electron chi connectivity index (χ2n) is 6.66. The van der Waals surface area contributed by atoms with Crippen LogP contribution < -0.4 is 20.5 Å². The van der Waals surface area contributed by atoms with Gasteiger partial charge in [-0.15, -0.1) is 0 Å². The molecule has 1 amide bonds. The van der Waals surface area contributed by atoms with Crippen LogP contribution in [0.5, 0.6) is 6.01 Å². The second-order valence-corrected chi connectivity index (χ2v) is 6.66. The third-order valence-corrected chi connectivity index (χ3v) is 4.64. The molecule has 0 spiro atoms. The van der Waals surface area contributed by atoms with Crippen molar-refractivity contribution in [2.75, 3.05) is 23.9 Å². The molecule has 0 saturated carbocycles. The Labute approximate surface area is 165 Å². The molecule has 1 fully saturated rings. The van der Waals surface area contributed by atoms with Crippen LogP contribution in [-0.2, 0) is 35.6 Å². The standard InChI is InChI=1S/C17H22N4O8/c1-7(22)21-11-13(29-9(3)24)10(28-8(2)23)6-27-15(11)18-14-12(21)16(25)20(4)17(19-14)26-5/h10-11,13,15,18H,6H2,1-5H3/t10-,11-,13-,15+/m0/s1. The molecule has 0 unspecified atom stereocenters. The predicted octanol–water partition coefficient (Wildman–Crippen LogP) is -0.844. The molecule has 4 atom stereocenters. The molecule has 1 aromatic rings. The van der Waals surface area contributed by atoms with Gasteiger partial charge in [0.1, 0.15) is 6.04 Å². The van der Waals surface area contributed by atoms with Crippen molar-refractivity contribution in [3.05, 3.63) is 10.4 Å². The molecule has 2 aliphatic rings. The van der Waals surface area contributed by atoms with E-state index in [0.29, 0.717) is 0 Å². The van der Waals surface area contributed by atoms with Crippen molar-refractivity contribution >= 4 is 29.4 Å². The van der Waals surface area contributed by atoms with E-state index in [9.17, 15) is 19.2 Å². The summed E-state index contributed by atoms with van der Waals surface area (Å²) in [6.07, 6.45) is -2.89. The fourth-order valence-corrected chi connectivity index (χ4v) is 3.57. The Bertz CT molecular complexity index is 913. The van der Waals surface area contributed by atoms with Crippen LogP contribution in [0.3, 0.4) is 0 Å². The predicted molar refractivity (Wildman–Crippen MR) is 97.4 cm³/mol. The first-order valence-corrected chi connectivity index (χ1v) is 8.83. The number of aromatic nitrogens is 2. The summed E-state index contributed by atoms with van der Waals surface area (Å²) in [7, 11) is 2.81. The number of carbonyl (C=O) groups excluding carboxylic acids is 3. The summed E-state index contributed by atoms with van der Waals surface area (Å²) in [6, 6.07) is -0.932. The largest absolute Gasteiger partial charge is 0.468 e. The Morgan fingerprint density at radius 3 is 2.38 bits per heavy atom. The number of amides is 1. The molecule has 3 heterocycles. The van der Waals surface area contributed by atoms with E-state index in [1.165, 1.54) is 34.9 Å². The molecule has 1 aromatic heterocycles. The summed E-state index contributed by atoms with van der Waals surface area (Å²) in [5, 5.41) is 2.95. The van der Waals surface area contributed by atoms with Gasteiger partial charge in [0.05, 0.1) is 13.7 Å². The summed E-state index contributed by atoms with van der Waals surface area (Å²) >= 11 is 0. The first kappa shape index (κ1) is 20.6. The van der Waals surface area contributed by atoms with E-state index in [4.69, 9.17) is 18.9 Å². The molecule has 2 aliphatic heterocycles. The second kappa shape index (κ2) is 7.70. The fourth-order valence-electron chi connectivity index (χ4n) is 3.57. The first-order chi connectivity index (χ1) is 13.6. The molecule has 12 heteroatoms. The number of nitrogens with one attached hydrogen (secondary N) is 1. The van der Waals surface area contributed by atoms with Gasteiger partial charge in [-0.25, -0.2) is 0 Å². The number of ether oxygens (including phenoxy) is 4. The minimum absolute atomic E-state index is 0.0355. The molecule has 0 radical (unpaired) electrons. The summed E-state index contributed by atoms with van der Waals surface area (Å²) in [6.45, 7) is 3.58. The Kier molecular flexibility index (Phi) is 5.46. The first-order valence-electron chi connectivity index (χ1n) is 8.83. The zero-order valence-corrected chi connectivity index (χ0v) is 16.6. The lowest BCUT2D eigenvalue weighted by atomic mass is 9.96. The maximum Gasteiger partial charge on any atom is 0.303 e. The molecule has 0 aliphatic carbocycles. The van der Waals surface area contributed by atoms with E-state index in [0.717, 1.165) is 9.47 Å². The monoisotopic (exact) mass is 410 g/mol. The highest BCUT2D eigenvalue weighted by Gasteiger charge is 2.52. The Morgan fingerprint density at radius 1 is 1.17 bits per heavy atom. The lowest BCUT2D eigenvalue weighted by molar-refractivity contribution is -0.190. The molecule has 3 rings (SSSR count). The molecular formula is C17H22N4O8. The van der Waals surface area contributed by atoms with Crippen LogP contribution in [0.1, 0.15) is 20.8 Å². The highest BCUT2D eigenvalue weighted by Crippen LogP contribution is 2.36. The van der Waals surface area contributed by atoms with Gasteiger partial charge >= 0.3 is 17.9 Å². The van der Waals surface area contributed by atoms with Crippen LogP contribution in [0.15, 0.2) is 4.79 Å². The van der Waals surface area contributed by atoms with Crippen molar-refractivity contribution in [2.45, 2.75) is 45.2 Å². The van der Waals surface area contributed by atoms with Crippen molar-refractivity contribution < 1.29 is 33.3 Å². The number of methoxy groups -OCH3 is 1. The van der Waals surface area contributed by atoms with Gasteiger partial charge in [0.15, 0.2) is 29.9 Å². The van der Waals surface area contributed by atoms with Gasteiger partial charge in [-0.1, -0.05) is 0 Å². The van der Waals surface area contributed by atoms with E-state index in [2.05, 4.69) is 10.3 Å². The number of fused-ring (bicyclic) bond motifs is 2. The van der Waals surface area contributed by atoms with Crippen LogP contribution >= 0.6 is 0 Å². The highest BCUT2D eigenvalue weighted by molar-refractivity contribution is 5.96. The van der Waals surface area contributed by atoms with Gasteiger partial charge < -0.3 is 24.3 Å². The smallest absolute Gasteiger partial charge is 0.303 e. The molecule has 0 bridgehead atoms. The lowest BCUT2D eigenvalue weighted by Crippen LogP contribution is -2.68. The van der Waals surface area contributed by atoms with Crippen molar-refractivity contribution in [1.29, 1.82) is 0 Å². The quantitative estimate of drug-likeness (QED) is 0.627. The molecule has 1 N–H and O–H groups in total. The molecule has 158 valence electrons. The van der Waals surface area contributed by atoms with Crippen molar-refractivity contribution in [3.63, 3.8) is 0 Å². The van der Waals surface area contributed by atoms with E-state index >= 15 is 0 Å². The normalized spacial score (nSPS) is 25.2. The summed E-state index contributed by atoms with van der Waals surface area (Å²) in [5.41, 5.74) is -0.601. The average molecular weight is 410 g/mol. The van der Waals surface area contributed by atoms with Crippen LogP contribution in [0, 0.1) is 0 Å². The van der Waals surface area contributed by atoms with Gasteiger partial charge in [0.2, 0.25) is 5.91 Å². The van der Waals surface area contributed by atoms with Crippen LogP contribution in [0.4, 0.5) is 11.5 Å². The van der Waals surface area contributed by atoms with E-state index in [-0.39, 0.29) is 24.1 Å². The molecule has 12 nitrogen and oxygen atoms in total. The maximum absolute atomic E-state index is 12.9. The van der Waals surface area contributed by atoms with Gasteiger partial charge in [0.25, 0.3) is 5.56 Å². The number of nitrogens with zero attached hydrogens (tertiary/aromatic N) is 3. The minimum Gasteiger partial charge on any atom is -0.468 e. The van der Waals surface area contributed by atoms with Gasteiger partial charge in [-0.05, 0) is 0 Å². The van der Waals surface area contributed by atoms with E-state index in [1.54, 1.807) is 0 Å². The third kappa shape index (κ3) is 3.62. The molecular weight excluding hydrogens is 388 g/mol. The Hall–Kier alpha value is -3.15. The zero-order valence-electron chi connectivity index (χ0n) is 16.6. The van der Waals surface area contributed by atoms with Crippen LogP contribution in [0.2, 0.25) is 0 Å². The molecule has 0 aromatic carbocycles. The SMILES string of the molecule is COc1nc2c(c(=O)n1C)N(C(C)=O)[C@H]1[C@@H](OC(C)=O)[C@@H](OC(C)=O)CO[C@H]1N2. The van der Waals surface area contributed by atoms with E-state index < -0.39 is 47.9 Å². The van der Waals surface area contributed by atoms with Crippen LogP contribution in [0.25, 0.3) is 0 Å². The Balaban J connectivity index is 2.15. The summed E-state index contributed by atoms with van der Waals surface area (Å²) < 4.78 is 22.6. The molecule has 1 saturated heterocycles. The van der Waals surface area contributed by atoms with Crippen molar-refractivity contribution in [3.8, 4) is 6.01 Å². The van der Waals surface area contributed by atoms with Crippen molar-refractivity contribution in [2.24, 2.45) is 7.05 Å². The third-order valence-electron chi connectivity index (χ3n) is 4.64. The highest BCUT2D eigenvalue weighted by atomic mass is 16.6. The number of anilines is 2. The summed E-state index contributed by atoms with van der Waals surface area (Å²) in [5.74, 6) is -1.65. The minimum atomic E-state index is -1.06. The zero-order chi connectivity index (χ0) is 21.5. The number of carbonyl (C=O) groups is 3. The maximum atomic E-state index is 12.9. The van der Waals surface area contributed by atoms with E-state index in [1.807, 2.05) is 0 Å². The lowest BCUT2D eigenvalue weighted by Gasteiger charge is -2.48. The summed E-state index contributed by atoms with van der Waals surface area (Å²) in [4.78, 5) is 54.1. The molecule has 29 heavy (non-hydrogen) atoms.